The molecule has 0 aliphatic heterocycles. The summed E-state index contributed by atoms with van der Waals surface area (Å²) in [6.45, 7) is 0. The number of hydrogen-bond donors (Lipinski definition) is 1. The van der Waals surface area contributed by atoms with Crippen molar-refractivity contribution >= 4 is 33.4 Å². The quantitative estimate of drug-likeness (QED) is 0.587. The Balaban J connectivity index is 1.97. The third kappa shape index (κ3) is 2.47. The highest BCUT2D eigenvalue weighted by Gasteiger charge is 2.39. The number of ketones is 2. The predicted octanol–water partition coefficient (Wildman–Crippen LogP) is 4.03. The molecule has 22 heavy (non-hydrogen) atoms. The van der Waals surface area contributed by atoms with Crippen molar-refractivity contribution in [1.82, 2.24) is 4.98 Å². The molecule has 0 bridgehead atoms. The molecule has 0 fully saturated rings. The number of alkyl halides is 3. The van der Waals surface area contributed by atoms with Gasteiger partial charge in [-0.25, -0.2) is 0 Å². The van der Waals surface area contributed by atoms with E-state index in [-0.39, 0.29) is 5.56 Å². The molecule has 1 N–H and O–H groups in total. The average Bonchev–Trinajstić information content (AvgIpc) is 2.83. The molecule has 0 saturated carbocycles. The van der Waals surface area contributed by atoms with E-state index >= 15 is 0 Å². The van der Waals surface area contributed by atoms with Gasteiger partial charge in [0.1, 0.15) is 0 Å². The Morgan fingerprint density at radius 3 is 2.36 bits per heavy atom. The number of fused-ring (bicyclic) bond motifs is 3. The molecule has 1 aromatic heterocycles. The van der Waals surface area contributed by atoms with E-state index in [0.29, 0.717) is 5.52 Å². The molecule has 0 radical (unpaired) electrons. The molecule has 2 aromatic carbocycles. The number of hydrogen-bond acceptors (Lipinski definition) is 2. The number of benzene rings is 2. The molecule has 3 nitrogen and oxygen atoms in total. The van der Waals surface area contributed by atoms with Crippen molar-refractivity contribution in [2.75, 3.05) is 0 Å². The zero-order chi connectivity index (χ0) is 15.9. The molecular formula is C16H10F3NO2. The summed E-state index contributed by atoms with van der Waals surface area (Å²) < 4.78 is 36.6. The zero-order valence-electron chi connectivity index (χ0n) is 11.2. The first-order valence-corrected chi connectivity index (χ1v) is 6.50. The Bertz CT molecular complexity index is 893. The Kier molecular flexibility index (Phi) is 3.24. The van der Waals surface area contributed by atoms with Gasteiger partial charge in [-0.1, -0.05) is 30.3 Å². The normalized spacial score (nSPS) is 12.0. The van der Waals surface area contributed by atoms with Crippen LogP contribution in [0.3, 0.4) is 0 Å². The van der Waals surface area contributed by atoms with E-state index in [2.05, 4.69) is 4.98 Å². The van der Waals surface area contributed by atoms with Gasteiger partial charge in [0.05, 0.1) is 6.42 Å². The third-order valence-electron chi connectivity index (χ3n) is 3.47. The van der Waals surface area contributed by atoms with Crippen LogP contribution in [0.5, 0.6) is 0 Å². The van der Waals surface area contributed by atoms with Crippen LogP contribution < -0.4 is 0 Å². The summed E-state index contributed by atoms with van der Waals surface area (Å²) in [7, 11) is 0. The summed E-state index contributed by atoms with van der Waals surface area (Å²) in [6.07, 6.45) is -6.16. The molecule has 3 rings (SSSR count). The first-order valence-electron chi connectivity index (χ1n) is 6.50. The van der Waals surface area contributed by atoms with E-state index in [9.17, 15) is 22.8 Å². The van der Waals surface area contributed by atoms with Crippen LogP contribution in [0.2, 0.25) is 0 Å². The minimum atomic E-state index is -4.99. The number of nitrogens with one attached hydrogen (secondary N) is 1. The van der Waals surface area contributed by atoms with E-state index in [1.54, 1.807) is 6.07 Å². The van der Waals surface area contributed by atoms with Crippen LogP contribution in [0.4, 0.5) is 13.2 Å². The fourth-order valence-corrected chi connectivity index (χ4v) is 2.38. The summed E-state index contributed by atoms with van der Waals surface area (Å²) in [5.74, 6) is -2.88. The lowest BCUT2D eigenvalue weighted by atomic mass is 10.0. The summed E-state index contributed by atoms with van der Waals surface area (Å²) in [5.41, 5.74) is 1.59. The van der Waals surface area contributed by atoms with Crippen LogP contribution in [0, 0.1) is 0 Å². The Morgan fingerprint density at radius 2 is 1.64 bits per heavy atom. The smallest absolute Gasteiger partial charge is 0.354 e. The van der Waals surface area contributed by atoms with Gasteiger partial charge in [0, 0.05) is 27.4 Å². The summed E-state index contributed by atoms with van der Waals surface area (Å²) in [5, 5.41) is 1.83. The first kappa shape index (κ1) is 14.3. The Morgan fingerprint density at radius 1 is 0.955 bits per heavy atom. The van der Waals surface area contributed by atoms with Crippen molar-refractivity contribution in [2.45, 2.75) is 12.6 Å². The van der Waals surface area contributed by atoms with Gasteiger partial charge in [-0.3, -0.25) is 9.59 Å². The van der Waals surface area contributed by atoms with Crippen LogP contribution in [0.1, 0.15) is 16.8 Å². The molecule has 0 unspecified atom stereocenters. The van der Waals surface area contributed by atoms with Crippen molar-refractivity contribution in [2.24, 2.45) is 0 Å². The van der Waals surface area contributed by atoms with Gasteiger partial charge in [-0.15, -0.1) is 0 Å². The maximum absolute atomic E-state index is 12.2. The van der Waals surface area contributed by atoms with Gasteiger partial charge in [0.15, 0.2) is 5.78 Å². The number of carbonyl (C=O) groups excluding carboxylic acids is 2. The number of rotatable bonds is 3. The SMILES string of the molecule is O=C(CC(=O)C(F)(F)F)c1ccc2c(c1)[nH]c1ccccc12. The van der Waals surface area contributed by atoms with E-state index in [4.69, 9.17) is 0 Å². The second-order valence-electron chi connectivity index (χ2n) is 4.95. The average molecular weight is 305 g/mol. The molecule has 0 aliphatic rings. The van der Waals surface area contributed by atoms with Crippen molar-refractivity contribution < 1.29 is 22.8 Å². The lowest BCUT2D eigenvalue weighted by molar-refractivity contribution is -0.170. The van der Waals surface area contributed by atoms with Crippen molar-refractivity contribution in [3.8, 4) is 0 Å². The number of aromatic nitrogens is 1. The highest BCUT2D eigenvalue weighted by molar-refractivity contribution is 6.13. The van der Waals surface area contributed by atoms with E-state index in [1.165, 1.54) is 12.1 Å². The molecular weight excluding hydrogens is 295 g/mol. The molecule has 1 heterocycles. The second-order valence-corrected chi connectivity index (χ2v) is 4.95. The Hall–Kier alpha value is -2.63. The predicted molar refractivity (Wildman–Crippen MR) is 75.8 cm³/mol. The van der Waals surface area contributed by atoms with Crippen LogP contribution >= 0.6 is 0 Å². The van der Waals surface area contributed by atoms with Gasteiger partial charge in [-0.05, 0) is 12.1 Å². The molecule has 0 atom stereocenters. The summed E-state index contributed by atoms with van der Waals surface area (Å²) in [6, 6.07) is 12.1. The molecule has 0 saturated heterocycles. The van der Waals surface area contributed by atoms with E-state index in [1.807, 2.05) is 24.3 Å². The molecule has 0 aliphatic carbocycles. The minimum absolute atomic E-state index is 0.0802. The highest BCUT2D eigenvalue weighted by atomic mass is 19.4. The topological polar surface area (TPSA) is 49.9 Å². The van der Waals surface area contributed by atoms with Crippen LogP contribution in [-0.4, -0.2) is 22.7 Å². The Labute approximate surface area is 122 Å². The maximum Gasteiger partial charge on any atom is 0.450 e. The summed E-state index contributed by atoms with van der Waals surface area (Å²) in [4.78, 5) is 25.8. The largest absolute Gasteiger partial charge is 0.450 e. The highest BCUT2D eigenvalue weighted by Crippen LogP contribution is 2.26. The monoisotopic (exact) mass is 305 g/mol. The molecule has 112 valence electrons. The number of para-hydroxylation sites is 1. The van der Waals surface area contributed by atoms with Gasteiger partial charge >= 0.3 is 6.18 Å². The van der Waals surface area contributed by atoms with Crippen LogP contribution in [0.15, 0.2) is 42.5 Å². The zero-order valence-corrected chi connectivity index (χ0v) is 11.2. The molecule has 6 heteroatoms. The van der Waals surface area contributed by atoms with Crippen molar-refractivity contribution in [1.29, 1.82) is 0 Å². The maximum atomic E-state index is 12.2. The van der Waals surface area contributed by atoms with Crippen LogP contribution in [0.25, 0.3) is 21.8 Å². The minimum Gasteiger partial charge on any atom is -0.354 e. The summed E-state index contributed by atoms with van der Waals surface area (Å²) >= 11 is 0. The number of H-pyrrole nitrogens is 1. The first-order chi connectivity index (χ1) is 10.4. The third-order valence-corrected chi connectivity index (χ3v) is 3.47. The fourth-order valence-electron chi connectivity index (χ4n) is 2.38. The number of carbonyl (C=O) groups is 2. The molecule has 0 amide bonds. The van der Waals surface area contributed by atoms with Gasteiger partial charge < -0.3 is 4.98 Å². The standard InChI is InChI=1S/C16H10F3NO2/c17-16(18,19)15(22)8-14(21)9-5-6-11-10-3-1-2-4-12(10)20-13(11)7-9/h1-7,20H,8H2. The van der Waals surface area contributed by atoms with Gasteiger partial charge in [-0.2, -0.15) is 13.2 Å². The number of halogens is 3. The second kappa shape index (κ2) is 4.98. The lowest BCUT2D eigenvalue weighted by Gasteiger charge is -2.04. The number of Topliss-reactive ketones (excluding diaryl/α,β-unsaturated/α-hetero) is 2. The van der Waals surface area contributed by atoms with Gasteiger partial charge in [0.25, 0.3) is 0 Å². The van der Waals surface area contributed by atoms with Gasteiger partial charge in [0.2, 0.25) is 5.78 Å². The fraction of sp³-hybridized carbons (Fsp3) is 0.125. The lowest BCUT2D eigenvalue weighted by Crippen LogP contribution is -2.25. The van der Waals surface area contributed by atoms with E-state index in [0.717, 1.165) is 16.3 Å². The van der Waals surface area contributed by atoms with Crippen molar-refractivity contribution in [3.63, 3.8) is 0 Å². The number of aromatic amines is 1. The van der Waals surface area contributed by atoms with Crippen molar-refractivity contribution in [3.05, 3.63) is 48.0 Å². The molecule has 0 spiro atoms. The molecule has 3 aromatic rings. The van der Waals surface area contributed by atoms with E-state index < -0.39 is 24.2 Å². The van der Waals surface area contributed by atoms with Crippen LogP contribution in [-0.2, 0) is 4.79 Å².